The van der Waals surface area contributed by atoms with E-state index in [-0.39, 0.29) is 12.5 Å². The van der Waals surface area contributed by atoms with Crippen molar-refractivity contribution in [3.05, 3.63) is 95.6 Å². The van der Waals surface area contributed by atoms with E-state index in [1.165, 1.54) is 5.56 Å². The molecule has 0 aliphatic carbocycles. The molecule has 144 valence electrons. The molecular weight excluding hydrogens is 350 g/mol. The van der Waals surface area contributed by atoms with Crippen molar-refractivity contribution in [3.63, 3.8) is 0 Å². The third kappa shape index (κ3) is 5.21. The first-order valence-electron chi connectivity index (χ1n) is 9.42. The highest BCUT2D eigenvalue weighted by atomic mass is 16.5. The summed E-state index contributed by atoms with van der Waals surface area (Å²) in [6, 6.07) is 24.2. The van der Waals surface area contributed by atoms with Crippen LogP contribution in [0.15, 0.2) is 78.9 Å². The molecule has 0 aliphatic heterocycles. The standard InChI is InChI=1S/C24H25NO3/c1-17(2)18-11-13-19(14-12-18)23(26)16-25-24(27)20-7-6-10-22(15-20)28-21-8-4-3-5-9-21/h3-15,17,23,26H,16H2,1-2H3,(H,25,27). The fourth-order valence-electron chi connectivity index (χ4n) is 2.84. The summed E-state index contributed by atoms with van der Waals surface area (Å²) in [5.41, 5.74) is 2.48. The highest BCUT2D eigenvalue weighted by molar-refractivity contribution is 5.94. The van der Waals surface area contributed by atoms with Gasteiger partial charge in [0.05, 0.1) is 6.10 Å². The van der Waals surface area contributed by atoms with Crippen LogP contribution in [0.25, 0.3) is 0 Å². The van der Waals surface area contributed by atoms with Crippen LogP contribution in [0.1, 0.15) is 47.4 Å². The van der Waals surface area contributed by atoms with Crippen LogP contribution in [0.2, 0.25) is 0 Å². The van der Waals surface area contributed by atoms with Crippen molar-refractivity contribution in [2.75, 3.05) is 6.54 Å². The van der Waals surface area contributed by atoms with Gasteiger partial charge in [0.25, 0.3) is 5.91 Å². The molecule has 0 spiro atoms. The van der Waals surface area contributed by atoms with Crippen LogP contribution >= 0.6 is 0 Å². The summed E-state index contributed by atoms with van der Waals surface area (Å²) >= 11 is 0. The van der Waals surface area contributed by atoms with Crippen LogP contribution in [0, 0.1) is 0 Å². The minimum atomic E-state index is -0.756. The van der Waals surface area contributed by atoms with Gasteiger partial charge in [-0.3, -0.25) is 4.79 Å². The van der Waals surface area contributed by atoms with Crippen LogP contribution < -0.4 is 10.1 Å². The highest BCUT2D eigenvalue weighted by Gasteiger charge is 2.12. The molecule has 1 atom stereocenters. The van der Waals surface area contributed by atoms with Gasteiger partial charge in [0.2, 0.25) is 0 Å². The van der Waals surface area contributed by atoms with E-state index in [1.807, 2.05) is 54.6 Å². The molecule has 0 bridgehead atoms. The van der Waals surface area contributed by atoms with Crippen molar-refractivity contribution in [1.82, 2.24) is 5.32 Å². The first kappa shape index (κ1) is 19.6. The largest absolute Gasteiger partial charge is 0.457 e. The predicted molar refractivity (Wildman–Crippen MR) is 111 cm³/mol. The molecule has 0 aromatic heterocycles. The molecule has 0 fully saturated rings. The molecule has 1 amide bonds. The number of carbonyl (C=O) groups excluding carboxylic acids is 1. The van der Waals surface area contributed by atoms with Crippen molar-refractivity contribution in [3.8, 4) is 11.5 Å². The van der Waals surface area contributed by atoms with Gasteiger partial charge >= 0.3 is 0 Å². The van der Waals surface area contributed by atoms with E-state index >= 15 is 0 Å². The Labute approximate surface area is 165 Å². The van der Waals surface area contributed by atoms with Gasteiger partial charge in [-0.05, 0) is 47.4 Å². The normalized spacial score (nSPS) is 11.9. The Balaban J connectivity index is 1.59. The van der Waals surface area contributed by atoms with Gasteiger partial charge in [0.1, 0.15) is 11.5 Å². The molecule has 0 radical (unpaired) electrons. The molecule has 0 aliphatic rings. The number of nitrogens with one attached hydrogen (secondary N) is 1. The van der Waals surface area contributed by atoms with Gasteiger partial charge in [0.15, 0.2) is 0 Å². The van der Waals surface area contributed by atoms with Crippen LogP contribution in [-0.2, 0) is 0 Å². The van der Waals surface area contributed by atoms with Crippen molar-refractivity contribution >= 4 is 5.91 Å². The lowest BCUT2D eigenvalue weighted by Gasteiger charge is -2.14. The summed E-state index contributed by atoms with van der Waals surface area (Å²) in [5.74, 6) is 1.48. The number of aliphatic hydroxyl groups excluding tert-OH is 1. The molecule has 4 heteroatoms. The maximum Gasteiger partial charge on any atom is 0.251 e. The van der Waals surface area contributed by atoms with Gasteiger partial charge < -0.3 is 15.2 Å². The lowest BCUT2D eigenvalue weighted by molar-refractivity contribution is 0.0916. The second-order valence-electron chi connectivity index (χ2n) is 6.99. The van der Waals surface area contributed by atoms with Gasteiger partial charge in [-0.2, -0.15) is 0 Å². The Bertz CT molecular complexity index is 905. The molecule has 3 rings (SSSR count). The Hall–Kier alpha value is -3.11. The highest BCUT2D eigenvalue weighted by Crippen LogP contribution is 2.22. The maximum absolute atomic E-state index is 12.5. The lowest BCUT2D eigenvalue weighted by Crippen LogP contribution is -2.28. The first-order chi connectivity index (χ1) is 13.5. The number of aliphatic hydroxyl groups is 1. The minimum Gasteiger partial charge on any atom is -0.457 e. The second-order valence-corrected chi connectivity index (χ2v) is 6.99. The number of hydrogen-bond donors (Lipinski definition) is 2. The number of para-hydroxylation sites is 1. The molecule has 0 heterocycles. The fourth-order valence-corrected chi connectivity index (χ4v) is 2.84. The van der Waals surface area contributed by atoms with Crippen molar-refractivity contribution in [1.29, 1.82) is 0 Å². The Kier molecular flexibility index (Phi) is 6.45. The minimum absolute atomic E-state index is 0.142. The number of carbonyl (C=O) groups is 1. The van der Waals surface area contributed by atoms with Crippen LogP contribution in [0.3, 0.4) is 0 Å². The van der Waals surface area contributed by atoms with E-state index in [9.17, 15) is 9.90 Å². The maximum atomic E-state index is 12.5. The summed E-state index contributed by atoms with van der Waals surface area (Å²) in [7, 11) is 0. The van der Waals surface area contributed by atoms with E-state index in [0.717, 1.165) is 5.56 Å². The lowest BCUT2D eigenvalue weighted by atomic mass is 10.00. The third-order valence-corrected chi connectivity index (χ3v) is 4.52. The van der Waals surface area contributed by atoms with Gasteiger partial charge in [-0.1, -0.05) is 62.4 Å². The average molecular weight is 375 g/mol. The number of benzene rings is 3. The molecule has 2 N–H and O–H groups in total. The second kappa shape index (κ2) is 9.20. The zero-order chi connectivity index (χ0) is 19.9. The topological polar surface area (TPSA) is 58.6 Å². The number of ether oxygens (including phenoxy) is 1. The van der Waals surface area contributed by atoms with E-state index in [4.69, 9.17) is 4.74 Å². The van der Waals surface area contributed by atoms with Gasteiger partial charge in [0, 0.05) is 12.1 Å². The molecule has 0 saturated carbocycles. The van der Waals surface area contributed by atoms with Crippen molar-refractivity contribution in [2.45, 2.75) is 25.9 Å². The van der Waals surface area contributed by atoms with E-state index in [2.05, 4.69) is 19.2 Å². The van der Waals surface area contributed by atoms with Crippen LogP contribution in [-0.4, -0.2) is 17.6 Å². The third-order valence-electron chi connectivity index (χ3n) is 4.52. The van der Waals surface area contributed by atoms with Gasteiger partial charge in [-0.15, -0.1) is 0 Å². The SMILES string of the molecule is CC(C)c1ccc(C(O)CNC(=O)c2cccc(Oc3ccccc3)c2)cc1. The fraction of sp³-hybridized carbons (Fsp3) is 0.208. The predicted octanol–water partition coefficient (Wildman–Crippen LogP) is 5.07. The number of amides is 1. The molecule has 28 heavy (non-hydrogen) atoms. The first-order valence-corrected chi connectivity index (χ1v) is 9.42. The van der Waals surface area contributed by atoms with Crippen LogP contribution in [0.4, 0.5) is 0 Å². The summed E-state index contributed by atoms with van der Waals surface area (Å²) < 4.78 is 5.77. The quantitative estimate of drug-likeness (QED) is 0.606. The van der Waals surface area contributed by atoms with Crippen LogP contribution in [0.5, 0.6) is 11.5 Å². The molecule has 3 aromatic rings. The zero-order valence-corrected chi connectivity index (χ0v) is 16.1. The molecular formula is C24H25NO3. The molecule has 1 unspecified atom stereocenters. The molecule has 3 aromatic carbocycles. The van der Waals surface area contributed by atoms with Crippen molar-refractivity contribution < 1.29 is 14.6 Å². The summed E-state index contributed by atoms with van der Waals surface area (Å²) in [5, 5.41) is 13.1. The monoisotopic (exact) mass is 375 g/mol. The number of rotatable bonds is 7. The zero-order valence-electron chi connectivity index (χ0n) is 16.1. The summed E-state index contributed by atoms with van der Waals surface area (Å²) in [6.07, 6.45) is -0.756. The Morgan fingerprint density at radius 2 is 1.54 bits per heavy atom. The number of hydrogen-bond acceptors (Lipinski definition) is 3. The van der Waals surface area contributed by atoms with Gasteiger partial charge in [-0.25, -0.2) is 0 Å². The molecule has 0 saturated heterocycles. The van der Waals surface area contributed by atoms with E-state index in [1.54, 1.807) is 24.3 Å². The van der Waals surface area contributed by atoms with E-state index in [0.29, 0.717) is 23.0 Å². The van der Waals surface area contributed by atoms with Crippen molar-refractivity contribution in [2.24, 2.45) is 0 Å². The Morgan fingerprint density at radius 3 is 2.21 bits per heavy atom. The van der Waals surface area contributed by atoms with E-state index < -0.39 is 6.10 Å². The summed E-state index contributed by atoms with van der Waals surface area (Å²) in [6.45, 7) is 4.40. The summed E-state index contributed by atoms with van der Waals surface area (Å²) in [4.78, 5) is 12.5. The average Bonchev–Trinajstić information content (AvgIpc) is 2.72. The Morgan fingerprint density at radius 1 is 0.893 bits per heavy atom. The molecule has 4 nitrogen and oxygen atoms in total. The smallest absolute Gasteiger partial charge is 0.251 e.